The fraction of sp³-hybridized carbons (Fsp3) is 0.800. The molecule has 54 heavy (non-hydrogen) atoms. The minimum absolute atomic E-state index is 0.322. The third kappa shape index (κ3) is 32.9. The summed E-state index contributed by atoms with van der Waals surface area (Å²) in [5.74, 6) is -0.968. The summed E-state index contributed by atoms with van der Waals surface area (Å²) in [6.07, 6.45) is 28.8. The Morgan fingerprint density at radius 2 is 0.593 bits per heavy atom. The Morgan fingerprint density at radius 3 is 0.870 bits per heavy atom. The molecule has 9 nitrogen and oxygen atoms in total. The largest absolute Gasteiger partial charge is 0.463 e. The number of unbranched alkanes of at least 4 members (excludes halogenated alkanes) is 18. The SMILES string of the molecule is C=CC(=O)OCCCCCCCCC[N+](C)(C)CC[N+](C)(CCCCCCCCCOC(=O)C=C)CC[N+](C)(C)CCCCCCCCCOC(=O)C=C. The van der Waals surface area contributed by atoms with Gasteiger partial charge in [-0.3, -0.25) is 0 Å². The molecule has 0 aromatic heterocycles. The molecule has 0 aromatic rings. The van der Waals surface area contributed by atoms with Crippen LogP contribution in [0.3, 0.4) is 0 Å². The highest BCUT2D eigenvalue weighted by atomic mass is 16.5. The van der Waals surface area contributed by atoms with Gasteiger partial charge in [-0.25, -0.2) is 14.4 Å². The Kier molecular flexibility index (Phi) is 31.2. The van der Waals surface area contributed by atoms with Crippen LogP contribution in [0.25, 0.3) is 0 Å². The molecule has 0 aliphatic heterocycles. The maximum Gasteiger partial charge on any atom is 0.330 e. The van der Waals surface area contributed by atoms with Crippen molar-refractivity contribution in [2.45, 2.75) is 135 Å². The Bertz CT molecular complexity index is 955. The fourth-order valence-corrected chi connectivity index (χ4v) is 6.81. The van der Waals surface area contributed by atoms with Crippen molar-refractivity contribution >= 4 is 17.9 Å². The number of nitrogens with zero attached hydrogens (tertiary/aromatic N) is 3. The van der Waals surface area contributed by atoms with E-state index in [2.05, 4.69) is 55.0 Å². The number of ether oxygens (including phenoxy) is 3. The lowest BCUT2D eigenvalue weighted by atomic mass is 10.1. The fourth-order valence-electron chi connectivity index (χ4n) is 6.81. The van der Waals surface area contributed by atoms with Gasteiger partial charge in [0.2, 0.25) is 0 Å². The van der Waals surface area contributed by atoms with Crippen molar-refractivity contribution in [1.82, 2.24) is 0 Å². The Balaban J connectivity index is 4.66. The molecule has 0 rings (SSSR count). The number of hydrogen-bond acceptors (Lipinski definition) is 6. The lowest BCUT2D eigenvalue weighted by Crippen LogP contribution is -2.57. The number of hydrogen-bond donors (Lipinski definition) is 0. The Hall–Kier alpha value is -2.49. The van der Waals surface area contributed by atoms with Crippen molar-refractivity contribution in [3.63, 3.8) is 0 Å². The second-order valence-electron chi connectivity index (χ2n) is 17.1. The number of carbonyl (C=O) groups excluding carboxylic acids is 3. The Morgan fingerprint density at radius 1 is 0.352 bits per heavy atom. The molecule has 0 saturated heterocycles. The summed E-state index contributed by atoms with van der Waals surface area (Å²) < 4.78 is 18.6. The van der Waals surface area contributed by atoms with Gasteiger partial charge in [-0.15, -0.1) is 0 Å². The molecule has 0 aliphatic carbocycles. The van der Waals surface area contributed by atoms with Gasteiger partial charge >= 0.3 is 17.9 Å². The summed E-state index contributed by atoms with van der Waals surface area (Å²) in [4.78, 5) is 33.5. The second-order valence-corrected chi connectivity index (χ2v) is 17.1. The van der Waals surface area contributed by atoms with Crippen molar-refractivity contribution in [3.05, 3.63) is 38.0 Å². The molecule has 0 aromatic carbocycles. The first kappa shape index (κ1) is 51.5. The zero-order chi connectivity index (χ0) is 40.4. The number of esters is 3. The molecule has 0 N–H and O–H groups in total. The van der Waals surface area contributed by atoms with Gasteiger partial charge in [-0.1, -0.05) is 96.8 Å². The lowest BCUT2D eigenvalue weighted by Gasteiger charge is -2.40. The summed E-state index contributed by atoms with van der Waals surface area (Å²) in [5.41, 5.74) is 0. The summed E-state index contributed by atoms with van der Waals surface area (Å²) in [7, 11) is 12.2. The molecular formula is C45H86N3O6+3. The molecule has 0 bridgehead atoms. The quantitative estimate of drug-likeness (QED) is 0.0205. The van der Waals surface area contributed by atoms with Crippen LogP contribution in [0.15, 0.2) is 38.0 Å². The first-order valence-electron chi connectivity index (χ1n) is 21.6. The molecule has 0 aliphatic rings. The van der Waals surface area contributed by atoms with Crippen molar-refractivity contribution in [2.75, 3.05) is 101 Å². The van der Waals surface area contributed by atoms with E-state index in [1.165, 1.54) is 160 Å². The Labute approximate surface area is 332 Å². The number of quaternary nitrogens is 3. The van der Waals surface area contributed by atoms with Gasteiger partial charge in [0.1, 0.15) is 26.2 Å². The van der Waals surface area contributed by atoms with E-state index < -0.39 is 0 Å². The first-order valence-corrected chi connectivity index (χ1v) is 21.6. The van der Waals surface area contributed by atoms with E-state index in [1.54, 1.807) is 0 Å². The summed E-state index contributed by atoms with van der Waals surface area (Å²) in [6.45, 7) is 20.4. The van der Waals surface area contributed by atoms with E-state index in [0.29, 0.717) is 19.8 Å². The van der Waals surface area contributed by atoms with Crippen LogP contribution in [0.4, 0.5) is 0 Å². The third-order valence-electron chi connectivity index (χ3n) is 10.9. The lowest BCUT2D eigenvalue weighted by molar-refractivity contribution is -0.977. The van der Waals surface area contributed by atoms with E-state index in [1.807, 2.05) is 0 Å². The highest BCUT2D eigenvalue weighted by Crippen LogP contribution is 2.16. The van der Waals surface area contributed by atoms with Crippen LogP contribution in [-0.4, -0.2) is 132 Å². The van der Waals surface area contributed by atoms with Crippen LogP contribution in [0.2, 0.25) is 0 Å². The summed E-state index contributed by atoms with van der Waals surface area (Å²) >= 11 is 0. The molecule has 0 heterocycles. The van der Waals surface area contributed by atoms with Crippen molar-refractivity contribution < 1.29 is 42.0 Å². The highest BCUT2D eigenvalue weighted by Gasteiger charge is 2.29. The van der Waals surface area contributed by atoms with Crippen LogP contribution in [0.5, 0.6) is 0 Å². The van der Waals surface area contributed by atoms with E-state index >= 15 is 0 Å². The van der Waals surface area contributed by atoms with Gasteiger partial charge in [-0.05, 0) is 57.8 Å². The number of likely N-dealkylation sites (N-methyl/N-ethyl adjacent to an activating group) is 3. The van der Waals surface area contributed by atoms with Gasteiger partial charge in [-0.2, -0.15) is 0 Å². The zero-order valence-corrected chi connectivity index (χ0v) is 36.1. The predicted octanol–water partition coefficient (Wildman–Crippen LogP) is 8.97. The van der Waals surface area contributed by atoms with E-state index in [0.717, 1.165) is 52.0 Å². The third-order valence-corrected chi connectivity index (χ3v) is 10.9. The minimum Gasteiger partial charge on any atom is -0.463 e. The van der Waals surface area contributed by atoms with E-state index in [4.69, 9.17) is 14.2 Å². The van der Waals surface area contributed by atoms with Crippen LogP contribution < -0.4 is 0 Å². The molecule has 0 saturated carbocycles. The molecule has 0 radical (unpaired) electrons. The minimum atomic E-state index is -0.323. The van der Waals surface area contributed by atoms with Crippen molar-refractivity contribution in [3.8, 4) is 0 Å². The van der Waals surface area contributed by atoms with Crippen LogP contribution in [0.1, 0.15) is 135 Å². The molecule has 0 fully saturated rings. The van der Waals surface area contributed by atoms with E-state index in [-0.39, 0.29) is 17.9 Å². The molecule has 314 valence electrons. The standard InChI is InChI=1S/C45H86N3O6/c1-9-43(49)52-40-30-24-18-12-15-21-27-33-46(4,5)36-38-48(8,35-29-23-17-14-20-26-32-42-54-45(51)11-3)39-37-47(6,7)34-28-22-16-13-19-25-31-41-53-44(50)10-2/h9-11H,1-3,12-42H2,4-8H3/q+3. The van der Waals surface area contributed by atoms with Crippen LogP contribution in [-0.2, 0) is 28.6 Å². The van der Waals surface area contributed by atoms with Gasteiger partial charge in [0.25, 0.3) is 0 Å². The second kappa shape index (κ2) is 32.7. The molecule has 0 atom stereocenters. The summed E-state index contributed by atoms with van der Waals surface area (Å²) in [6, 6.07) is 0. The van der Waals surface area contributed by atoms with Gasteiger partial charge < -0.3 is 27.7 Å². The number of carbonyl (C=O) groups is 3. The molecule has 9 heteroatoms. The maximum absolute atomic E-state index is 11.2. The van der Waals surface area contributed by atoms with E-state index in [9.17, 15) is 14.4 Å². The van der Waals surface area contributed by atoms with Crippen molar-refractivity contribution in [1.29, 1.82) is 0 Å². The van der Waals surface area contributed by atoms with Crippen LogP contribution in [0, 0.1) is 0 Å². The highest BCUT2D eigenvalue weighted by molar-refractivity contribution is 5.81. The molecule has 0 amide bonds. The zero-order valence-electron chi connectivity index (χ0n) is 36.1. The van der Waals surface area contributed by atoms with Gasteiger partial charge in [0, 0.05) is 18.2 Å². The maximum atomic E-state index is 11.2. The summed E-state index contributed by atoms with van der Waals surface area (Å²) in [5, 5.41) is 0. The normalized spacial score (nSPS) is 11.9. The number of rotatable bonds is 39. The molecule has 0 unspecified atom stereocenters. The van der Waals surface area contributed by atoms with Crippen molar-refractivity contribution in [2.24, 2.45) is 0 Å². The monoisotopic (exact) mass is 765 g/mol. The average molecular weight is 765 g/mol. The van der Waals surface area contributed by atoms with Crippen LogP contribution >= 0.6 is 0 Å². The first-order chi connectivity index (χ1) is 25.8. The molecule has 0 spiro atoms. The van der Waals surface area contributed by atoms with Gasteiger partial charge in [0.15, 0.2) is 0 Å². The predicted molar refractivity (Wildman–Crippen MR) is 225 cm³/mol. The topological polar surface area (TPSA) is 78.9 Å². The smallest absolute Gasteiger partial charge is 0.330 e. The average Bonchev–Trinajstić information content (AvgIpc) is 3.15. The molecular weight excluding hydrogens is 679 g/mol. The van der Waals surface area contributed by atoms with Gasteiger partial charge in [0.05, 0.1) is 74.7 Å².